The Labute approximate surface area is 197 Å². The smallest absolute Gasteiger partial charge is 0.573 e. The zero-order chi connectivity index (χ0) is 28.1. The van der Waals surface area contributed by atoms with Gasteiger partial charge in [0.15, 0.2) is 17.2 Å². The third-order valence-corrected chi connectivity index (χ3v) is 5.44. The van der Waals surface area contributed by atoms with E-state index in [1.807, 2.05) is 0 Å². The predicted octanol–water partition coefficient (Wildman–Crippen LogP) is 6.29. The van der Waals surface area contributed by atoms with E-state index < -0.39 is 120 Å². The van der Waals surface area contributed by atoms with Crippen molar-refractivity contribution in [2.45, 2.75) is 0 Å². The Morgan fingerprint density at radius 2 is 0.378 bits per heavy atom. The predicted molar refractivity (Wildman–Crippen MR) is 86.3 cm³/mol. The molecular formula is C18AlF15O3. The molecule has 0 spiro atoms. The molecule has 0 aliphatic heterocycles. The summed E-state index contributed by atoms with van der Waals surface area (Å²) in [6.07, 6.45) is 0. The van der Waals surface area contributed by atoms with E-state index in [-0.39, 0.29) is 0 Å². The molecule has 0 amide bonds. The Bertz CT molecular complexity index is 1170. The maximum absolute atomic E-state index is 13.9. The van der Waals surface area contributed by atoms with Gasteiger partial charge in [-0.15, -0.1) is 0 Å². The minimum absolute atomic E-state index is 2.44. The summed E-state index contributed by atoms with van der Waals surface area (Å²) in [6.45, 7) is 0. The lowest BCUT2D eigenvalue weighted by atomic mass is 10.3. The van der Waals surface area contributed by atoms with Crippen molar-refractivity contribution in [1.82, 2.24) is 0 Å². The van der Waals surface area contributed by atoms with Gasteiger partial charge in [0.1, 0.15) is 0 Å². The molecule has 0 atom stereocenters. The Morgan fingerprint density at radius 3 is 0.541 bits per heavy atom. The topological polar surface area (TPSA) is 27.7 Å². The van der Waals surface area contributed by atoms with Crippen LogP contribution in [0.3, 0.4) is 0 Å². The summed E-state index contributed by atoms with van der Waals surface area (Å²) in [6, 6.07) is 0. The third-order valence-electron chi connectivity index (χ3n) is 4.15. The van der Waals surface area contributed by atoms with E-state index in [1.54, 1.807) is 0 Å². The van der Waals surface area contributed by atoms with E-state index in [0.29, 0.717) is 0 Å². The Kier molecular flexibility index (Phi) is 7.70. The molecule has 3 aromatic rings. The van der Waals surface area contributed by atoms with Crippen molar-refractivity contribution in [3.05, 3.63) is 87.3 Å². The molecule has 3 aromatic carbocycles. The van der Waals surface area contributed by atoms with Gasteiger partial charge < -0.3 is 11.4 Å². The van der Waals surface area contributed by atoms with Gasteiger partial charge in [-0.1, -0.05) is 0 Å². The highest BCUT2D eigenvalue weighted by Crippen LogP contribution is 2.35. The number of hydrogen-bond acceptors (Lipinski definition) is 3. The highest BCUT2D eigenvalue weighted by molar-refractivity contribution is 6.39. The van der Waals surface area contributed by atoms with Gasteiger partial charge in [0, 0.05) is 0 Å². The van der Waals surface area contributed by atoms with Crippen LogP contribution in [0.5, 0.6) is 17.2 Å². The van der Waals surface area contributed by atoms with Crippen molar-refractivity contribution in [3.8, 4) is 17.2 Å². The van der Waals surface area contributed by atoms with Crippen LogP contribution in [-0.2, 0) is 0 Å². The largest absolute Gasteiger partial charge is 1.20 e. The first-order chi connectivity index (χ1) is 17.1. The number of rotatable bonds is 6. The number of hydrogen-bond donors (Lipinski definition) is 0. The fourth-order valence-electron chi connectivity index (χ4n) is 2.43. The lowest BCUT2D eigenvalue weighted by Gasteiger charge is -2.19. The Hall–Kier alpha value is -3.46. The lowest BCUT2D eigenvalue weighted by Crippen LogP contribution is -2.39. The Morgan fingerprint density at radius 1 is 0.243 bits per heavy atom. The van der Waals surface area contributed by atoms with Crippen molar-refractivity contribution in [2.75, 3.05) is 0 Å². The zero-order valence-corrected chi connectivity index (χ0v) is 17.6. The van der Waals surface area contributed by atoms with Crippen molar-refractivity contribution in [2.24, 2.45) is 0 Å². The van der Waals surface area contributed by atoms with E-state index in [4.69, 9.17) is 0 Å². The molecule has 0 aromatic heterocycles. The van der Waals surface area contributed by atoms with Crippen molar-refractivity contribution >= 4 is 15.1 Å². The average molecular weight is 576 g/mol. The minimum Gasteiger partial charge on any atom is -0.573 e. The molecule has 0 N–H and O–H groups in total. The summed E-state index contributed by atoms with van der Waals surface area (Å²) < 4.78 is 216. The van der Waals surface area contributed by atoms with Gasteiger partial charge in [0.05, 0.1) is 0 Å². The highest BCUT2D eigenvalue weighted by atomic mass is 27.3. The molecule has 0 fully saturated rings. The van der Waals surface area contributed by atoms with Crippen molar-refractivity contribution in [3.63, 3.8) is 0 Å². The second-order valence-corrected chi connectivity index (χ2v) is 7.62. The van der Waals surface area contributed by atoms with Crippen LogP contribution < -0.4 is 11.4 Å². The Balaban J connectivity index is 2.22. The molecule has 0 aliphatic rings. The normalized spacial score (nSPS) is 11.1. The molecule has 0 saturated carbocycles. The number of halogens is 15. The summed E-state index contributed by atoms with van der Waals surface area (Å²) in [4.78, 5) is 0. The van der Waals surface area contributed by atoms with Gasteiger partial charge in [-0.2, -0.15) is 26.3 Å². The van der Waals surface area contributed by atoms with Crippen LogP contribution in [0.4, 0.5) is 65.9 Å². The van der Waals surface area contributed by atoms with Crippen LogP contribution in [0.15, 0.2) is 0 Å². The molecule has 0 saturated heterocycles. The maximum atomic E-state index is 13.9. The second-order valence-electron chi connectivity index (χ2n) is 6.34. The fourth-order valence-corrected chi connectivity index (χ4v) is 3.77. The van der Waals surface area contributed by atoms with E-state index >= 15 is 0 Å². The molecule has 0 aliphatic carbocycles. The van der Waals surface area contributed by atoms with E-state index in [1.165, 1.54) is 0 Å². The lowest BCUT2D eigenvalue weighted by molar-refractivity contribution is 0.247. The quantitative estimate of drug-likeness (QED) is 0.150. The van der Waals surface area contributed by atoms with Gasteiger partial charge in [0.25, 0.3) is 0 Å². The average Bonchev–Trinajstić information content (AvgIpc) is 2.88. The number of benzene rings is 3. The van der Waals surface area contributed by atoms with Crippen LogP contribution >= 0.6 is 0 Å². The summed E-state index contributed by atoms with van der Waals surface area (Å²) in [5.41, 5.74) is 0. The van der Waals surface area contributed by atoms with Gasteiger partial charge in [-0.25, -0.2) is 39.5 Å². The monoisotopic (exact) mass is 576 g/mol. The summed E-state index contributed by atoms with van der Waals surface area (Å²) in [5, 5.41) is 0. The third kappa shape index (κ3) is 4.68. The van der Waals surface area contributed by atoms with Crippen LogP contribution in [0.1, 0.15) is 0 Å². The molecule has 3 nitrogen and oxygen atoms in total. The summed E-state index contributed by atoms with van der Waals surface area (Å²) in [5.74, 6) is -49.4. The van der Waals surface area contributed by atoms with E-state index in [0.717, 1.165) is 0 Å². The SMILES string of the molecule is Fc1c(F)c(F)c([O][Al]([O]c2c(F)c(F)c(F)c(F)c2F)[O]c2c(F)c(F)c(F)c(F)c2F)c(F)c1F. The van der Waals surface area contributed by atoms with Gasteiger partial charge in [-0.3, -0.25) is 0 Å². The molecule has 0 unspecified atom stereocenters. The van der Waals surface area contributed by atoms with Crippen LogP contribution in [0.2, 0.25) is 0 Å². The molecular weight excluding hydrogens is 576 g/mol. The second kappa shape index (κ2) is 10.1. The van der Waals surface area contributed by atoms with Gasteiger partial charge >= 0.3 is 15.1 Å². The minimum atomic E-state index is -5.56. The van der Waals surface area contributed by atoms with Gasteiger partial charge in [-0.05, 0) is 0 Å². The first-order valence-electron chi connectivity index (χ1n) is 8.65. The molecule has 0 bridgehead atoms. The van der Waals surface area contributed by atoms with E-state index in [2.05, 4.69) is 11.4 Å². The summed E-state index contributed by atoms with van der Waals surface area (Å²) in [7, 11) is 0. The van der Waals surface area contributed by atoms with Crippen molar-refractivity contribution in [1.29, 1.82) is 0 Å². The molecule has 0 radical (unpaired) electrons. The van der Waals surface area contributed by atoms with Gasteiger partial charge in [0.2, 0.25) is 87.3 Å². The maximum Gasteiger partial charge on any atom is 1.20 e. The standard InChI is InChI=1S/3C6HF5O.Al/c3*7-1-2(8)4(10)6(12)5(11)3(1)9;/h3*12H;/q;;;+3/p-3. The van der Waals surface area contributed by atoms with E-state index in [9.17, 15) is 65.9 Å². The fraction of sp³-hybridized carbons (Fsp3) is 0. The first kappa shape index (κ1) is 28.1. The van der Waals surface area contributed by atoms with Crippen molar-refractivity contribution < 1.29 is 77.2 Å². The van der Waals surface area contributed by atoms with Crippen LogP contribution in [-0.4, -0.2) is 15.1 Å². The van der Waals surface area contributed by atoms with Crippen LogP contribution in [0.25, 0.3) is 0 Å². The molecule has 37 heavy (non-hydrogen) atoms. The van der Waals surface area contributed by atoms with Crippen LogP contribution in [0, 0.1) is 87.3 Å². The zero-order valence-electron chi connectivity index (χ0n) is 16.5. The molecule has 198 valence electrons. The molecule has 0 heterocycles. The highest BCUT2D eigenvalue weighted by Gasteiger charge is 2.50. The molecule has 3 rings (SSSR count). The first-order valence-corrected chi connectivity index (χ1v) is 10.1. The summed E-state index contributed by atoms with van der Waals surface area (Å²) >= 11 is -5.56. The molecule has 19 heteroatoms.